The molecule has 0 saturated heterocycles. The normalized spacial score (nSPS) is 13.3. The van der Waals surface area contributed by atoms with E-state index in [9.17, 15) is 0 Å². The first-order valence-corrected chi connectivity index (χ1v) is 9.21. The molecular weight excluding hydrogens is 338 g/mol. The summed E-state index contributed by atoms with van der Waals surface area (Å²) in [6, 6.07) is 10.4. The van der Waals surface area contributed by atoms with Crippen LogP contribution in [0.3, 0.4) is 0 Å². The zero-order chi connectivity index (χ0) is 18.9. The maximum atomic E-state index is 6.00. The molecule has 0 bridgehead atoms. The van der Waals surface area contributed by atoms with Crippen molar-refractivity contribution in [2.45, 2.75) is 39.9 Å². The van der Waals surface area contributed by atoms with Gasteiger partial charge < -0.3 is 14.3 Å². The smallest absolute Gasteiger partial charge is 0.153 e. The molecule has 0 radical (unpaired) electrons. The number of furan rings is 1. The predicted octanol–water partition coefficient (Wildman–Crippen LogP) is 4.22. The molecule has 6 heteroatoms. The van der Waals surface area contributed by atoms with Crippen LogP contribution < -0.4 is 5.32 Å². The van der Waals surface area contributed by atoms with E-state index in [0.717, 1.165) is 34.5 Å². The largest absolute Gasteiger partial charge is 0.454 e. The fraction of sp³-hybridized carbons (Fsp3) is 0.333. The summed E-state index contributed by atoms with van der Waals surface area (Å²) in [5.74, 6) is 0.812. The maximum Gasteiger partial charge on any atom is 0.153 e. The lowest BCUT2D eigenvalue weighted by atomic mass is 9.86. The van der Waals surface area contributed by atoms with Crippen LogP contribution >= 0.6 is 0 Å². The molecule has 140 valence electrons. The molecule has 0 spiro atoms. The molecule has 6 nitrogen and oxygen atoms in total. The van der Waals surface area contributed by atoms with E-state index in [2.05, 4.69) is 58.0 Å². The van der Waals surface area contributed by atoms with Gasteiger partial charge in [0.1, 0.15) is 11.3 Å². The average molecular weight is 363 g/mol. The van der Waals surface area contributed by atoms with E-state index in [1.807, 2.05) is 43.1 Å². The molecule has 0 fully saturated rings. The minimum atomic E-state index is 0.105. The molecule has 1 aromatic carbocycles. The van der Waals surface area contributed by atoms with Gasteiger partial charge in [0.15, 0.2) is 5.76 Å². The van der Waals surface area contributed by atoms with Crippen LogP contribution in [0.5, 0.6) is 0 Å². The number of fused-ring (bicyclic) bond motifs is 1. The zero-order valence-electron chi connectivity index (χ0n) is 15.9. The van der Waals surface area contributed by atoms with E-state index >= 15 is 0 Å². The lowest BCUT2D eigenvalue weighted by Crippen LogP contribution is -2.43. The summed E-state index contributed by atoms with van der Waals surface area (Å²) >= 11 is 0. The second kappa shape index (κ2) is 7.04. The molecule has 3 heterocycles. The Balaban J connectivity index is 1.53. The Hall–Kier alpha value is -2.86. The second-order valence-corrected chi connectivity index (χ2v) is 7.98. The molecule has 3 aromatic heterocycles. The van der Waals surface area contributed by atoms with Crippen LogP contribution in [-0.2, 0) is 13.1 Å². The number of nitrogens with zero attached hydrogens (tertiary/aromatic N) is 3. The van der Waals surface area contributed by atoms with Crippen molar-refractivity contribution < 1.29 is 4.42 Å². The molecule has 0 aliphatic heterocycles. The average Bonchev–Trinajstić information content (AvgIpc) is 3.36. The Morgan fingerprint density at radius 1 is 1.26 bits per heavy atom. The van der Waals surface area contributed by atoms with Gasteiger partial charge in [-0.15, -0.1) is 0 Å². The van der Waals surface area contributed by atoms with Gasteiger partial charge >= 0.3 is 0 Å². The zero-order valence-corrected chi connectivity index (χ0v) is 15.9. The van der Waals surface area contributed by atoms with E-state index in [0.29, 0.717) is 6.54 Å². The highest BCUT2D eigenvalue weighted by atomic mass is 16.3. The standard InChI is InChI=1S/C21H25N5O/c1-21(2,3)19(13-26-9-8-22-14-26)23-11-16-12-24-25-20(16)18-10-15-6-4-5-7-17(15)27-18/h4-10,12,14,19,23H,11,13H2,1-3H3,(H,24,25)/t19-/m0/s1. The first-order valence-electron chi connectivity index (χ1n) is 9.21. The molecular formula is C21H25N5O. The molecule has 0 saturated carbocycles. The van der Waals surface area contributed by atoms with Crippen LogP contribution in [0.4, 0.5) is 0 Å². The van der Waals surface area contributed by atoms with Crippen LogP contribution in [0.1, 0.15) is 26.3 Å². The van der Waals surface area contributed by atoms with Crippen LogP contribution in [0.25, 0.3) is 22.4 Å². The number of imidazole rings is 1. The molecule has 2 N–H and O–H groups in total. The van der Waals surface area contributed by atoms with Crippen molar-refractivity contribution >= 4 is 11.0 Å². The number of benzene rings is 1. The molecule has 1 atom stereocenters. The minimum absolute atomic E-state index is 0.105. The molecule has 0 amide bonds. The Morgan fingerprint density at radius 3 is 2.85 bits per heavy atom. The van der Waals surface area contributed by atoms with Gasteiger partial charge in [-0.1, -0.05) is 39.0 Å². The number of H-pyrrole nitrogens is 1. The van der Waals surface area contributed by atoms with Gasteiger partial charge in [0.25, 0.3) is 0 Å². The first kappa shape index (κ1) is 17.5. The third-order valence-electron chi connectivity index (χ3n) is 4.93. The maximum absolute atomic E-state index is 6.00. The van der Waals surface area contributed by atoms with Gasteiger partial charge in [-0.25, -0.2) is 4.98 Å². The second-order valence-electron chi connectivity index (χ2n) is 7.98. The molecule has 4 aromatic rings. The highest BCUT2D eigenvalue weighted by molar-refractivity contribution is 5.82. The fourth-order valence-electron chi connectivity index (χ4n) is 3.25. The number of hydrogen-bond acceptors (Lipinski definition) is 4. The Bertz CT molecular complexity index is 974. The van der Waals surface area contributed by atoms with Gasteiger partial charge in [-0.2, -0.15) is 5.10 Å². The third kappa shape index (κ3) is 3.80. The number of nitrogens with one attached hydrogen (secondary N) is 2. The van der Waals surface area contributed by atoms with E-state index in [1.165, 1.54) is 0 Å². The van der Waals surface area contributed by atoms with E-state index < -0.39 is 0 Å². The Kier molecular flexibility index (Phi) is 4.58. The SMILES string of the molecule is CC(C)(C)[C@H](Cn1ccnc1)NCc1cn[nH]c1-c1cc2ccccc2o1. The quantitative estimate of drug-likeness (QED) is 0.538. The lowest BCUT2D eigenvalue weighted by molar-refractivity contribution is 0.240. The molecule has 0 unspecified atom stereocenters. The molecule has 0 aliphatic carbocycles. The Labute approximate surface area is 158 Å². The molecule has 4 rings (SSSR count). The predicted molar refractivity (Wildman–Crippen MR) is 106 cm³/mol. The van der Waals surface area contributed by atoms with Crippen LogP contribution in [0, 0.1) is 5.41 Å². The third-order valence-corrected chi connectivity index (χ3v) is 4.93. The van der Waals surface area contributed by atoms with Crippen LogP contribution in [-0.4, -0.2) is 25.8 Å². The minimum Gasteiger partial charge on any atom is -0.454 e. The fourth-order valence-corrected chi connectivity index (χ4v) is 3.25. The number of hydrogen-bond donors (Lipinski definition) is 2. The summed E-state index contributed by atoms with van der Waals surface area (Å²) in [5, 5.41) is 12.1. The highest BCUT2D eigenvalue weighted by Gasteiger charge is 2.25. The van der Waals surface area contributed by atoms with E-state index in [4.69, 9.17) is 4.42 Å². The first-order chi connectivity index (χ1) is 13.0. The number of para-hydroxylation sites is 1. The summed E-state index contributed by atoms with van der Waals surface area (Å²) in [7, 11) is 0. The van der Waals surface area contributed by atoms with Crippen molar-refractivity contribution in [3.8, 4) is 11.5 Å². The Morgan fingerprint density at radius 2 is 2.11 bits per heavy atom. The van der Waals surface area contributed by atoms with E-state index in [-0.39, 0.29) is 11.5 Å². The summed E-state index contributed by atoms with van der Waals surface area (Å²) in [6.45, 7) is 8.31. The lowest BCUT2D eigenvalue weighted by Gasteiger charge is -2.32. The van der Waals surface area contributed by atoms with Crippen molar-refractivity contribution in [3.05, 3.63) is 60.8 Å². The van der Waals surface area contributed by atoms with Gasteiger partial charge in [0.2, 0.25) is 0 Å². The topological polar surface area (TPSA) is 71.7 Å². The van der Waals surface area contributed by atoms with Crippen molar-refractivity contribution in [1.82, 2.24) is 25.1 Å². The summed E-state index contributed by atoms with van der Waals surface area (Å²) < 4.78 is 8.11. The van der Waals surface area contributed by atoms with Gasteiger partial charge in [-0.3, -0.25) is 5.10 Å². The number of aromatic nitrogens is 4. The van der Waals surface area contributed by atoms with Crippen molar-refractivity contribution in [1.29, 1.82) is 0 Å². The van der Waals surface area contributed by atoms with Crippen molar-refractivity contribution in [2.24, 2.45) is 5.41 Å². The van der Waals surface area contributed by atoms with Gasteiger partial charge in [0.05, 0.1) is 12.5 Å². The monoisotopic (exact) mass is 363 g/mol. The number of aromatic amines is 1. The molecule has 27 heavy (non-hydrogen) atoms. The van der Waals surface area contributed by atoms with Crippen LogP contribution in [0.2, 0.25) is 0 Å². The summed E-state index contributed by atoms with van der Waals surface area (Å²) in [5.41, 5.74) is 3.00. The van der Waals surface area contributed by atoms with Crippen molar-refractivity contribution in [3.63, 3.8) is 0 Å². The molecule has 0 aliphatic rings. The van der Waals surface area contributed by atoms with Crippen molar-refractivity contribution in [2.75, 3.05) is 0 Å². The van der Waals surface area contributed by atoms with Gasteiger partial charge in [-0.05, 0) is 17.5 Å². The number of rotatable bonds is 6. The van der Waals surface area contributed by atoms with Gasteiger partial charge in [0, 0.05) is 42.5 Å². The summed E-state index contributed by atoms with van der Waals surface area (Å²) in [6.07, 6.45) is 7.54. The summed E-state index contributed by atoms with van der Waals surface area (Å²) in [4.78, 5) is 4.15. The van der Waals surface area contributed by atoms with E-state index in [1.54, 1.807) is 0 Å². The van der Waals surface area contributed by atoms with Crippen LogP contribution in [0.15, 0.2) is 59.7 Å². The highest BCUT2D eigenvalue weighted by Crippen LogP contribution is 2.29.